The van der Waals surface area contributed by atoms with Gasteiger partial charge in [0.25, 0.3) is 5.91 Å². The molecule has 0 saturated carbocycles. The molecular weight excluding hydrogens is 410 g/mol. The topological polar surface area (TPSA) is 88.2 Å². The van der Waals surface area contributed by atoms with Crippen molar-refractivity contribution in [3.05, 3.63) is 53.6 Å². The first-order chi connectivity index (χ1) is 15.3. The van der Waals surface area contributed by atoms with Crippen LogP contribution in [0.15, 0.2) is 42.5 Å². The summed E-state index contributed by atoms with van der Waals surface area (Å²) in [7, 11) is 3.10. The zero-order valence-corrected chi connectivity index (χ0v) is 18.9. The zero-order chi connectivity index (χ0) is 23.3. The van der Waals surface area contributed by atoms with E-state index in [9.17, 15) is 14.4 Å². The smallest absolute Gasteiger partial charge is 0.251 e. The molecule has 0 spiro atoms. The molecule has 1 aliphatic heterocycles. The number of amides is 3. The Morgan fingerprint density at radius 1 is 1.12 bits per heavy atom. The number of hydrogen-bond donors (Lipinski definition) is 1. The molecule has 2 aromatic carbocycles. The van der Waals surface area contributed by atoms with E-state index in [4.69, 9.17) is 9.47 Å². The molecular formula is C24H29N3O5. The van der Waals surface area contributed by atoms with Gasteiger partial charge in [-0.2, -0.15) is 0 Å². The van der Waals surface area contributed by atoms with E-state index in [2.05, 4.69) is 5.32 Å². The number of ether oxygens (including phenoxy) is 2. The van der Waals surface area contributed by atoms with Gasteiger partial charge in [0.1, 0.15) is 5.75 Å². The minimum absolute atomic E-state index is 0.00529. The molecule has 0 aromatic heterocycles. The number of anilines is 2. The van der Waals surface area contributed by atoms with Crippen LogP contribution in [0.1, 0.15) is 17.5 Å². The third-order valence-corrected chi connectivity index (χ3v) is 5.70. The normalized spacial score (nSPS) is 16.0. The predicted octanol–water partition coefficient (Wildman–Crippen LogP) is 2.53. The van der Waals surface area contributed by atoms with Gasteiger partial charge in [0.05, 0.1) is 38.4 Å². The van der Waals surface area contributed by atoms with Crippen LogP contribution in [0.3, 0.4) is 0 Å². The summed E-state index contributed by atoms with van der Waals surface area (Å²) in [6.07, 6.45) is 0.00529. The second-order valence-electron chi connectivity index (χ2n) is 7.74. The number of rotatable bonds is 9. The summed E-state index contributed by atoms with van der Waals surface area (Å²) in [5.74, 6) is -0.273. The van der Waals surface area contributed by atoms with Crippen molar-refractivity contribution < 1.29 is 23.9 Å². The quantitative estimate of drug-likeness (QED) is 0.604. The number of nitrogens with zero attached hydrogens (tertiary/aromatic N) is 2. The van der Waals surface area contributed by atoms with E-state index in [-0.39, 0.29) is 30.7 Å². The molecule has 32 heavy (non-hydrogen) atoms. The number of nitrogens with one attached hydrogen (secondary N) is 1. The number of benzene rings is 2. The summed E-state index contributed by atoms with van der Waals surface area (Å²) >= 11 is 0. The average Bonchev–Trinajstić information content (AvgIpc) is 3.08. The second-order valence-corrected chi connectivity index (χ2v) is 7.74. The highest BCUT2D eigenvalue weighted by Gasteiger charge is 2.43. The van der Waals surface area contributed by atoms with Gasteiger partial charge in [0.2, 0.25) is 11.8 Å². The fraction of sp³-hybridized carbons (Fsp3) is 0.375. The van der Waals surface area contributed by atoms with Gasteiger partial charge in [0, 0.05) is 19.3 Å². The molecule has 8 heteroatoms. The Balaban J connectivity index is 1.76. The van der Waals surface area contributed by atoms with Gasteiger partial charge >= 0.3 is 0 Å². The summed E-state index contributed by atoms with van der Waals surface area (Å²) in [4.78, 5) is 41.6. The molecule has 1 aliphatic rings. The van der Waals surface area contributed by atoms with Gasteiger partial charge in [-0.1, -0.05) is 12.1 Å². The summed E-state index contributed by atoms with van der Waals surface area (Å²) in [5, 5.41) is 2.92. The van der Waals surface area contributed by atoms with Gasteiger partial charge in [-0.15, -0.1) is 0 Å². The SMILES string of the molecule is COCCN(CC(=O)Nc1cccc(C)c1C)[C@@H]1CC(=O)N(c2ccc(OC)cc2)C1=O. The Hall–Kier alpha value is -3.23. The van der Waals surface area contributed by atoms with Crippen LogP contribution in [0.2, 0.25) is 0 Å². The van der Waals surface area contributed by atoms with Crippen LogP contribution in [0.4, 0.5) is 11.4 Å². The maximum absolute atomic E-state index is 13.2. The standard InChI is InChI=1S/C24H29N3O5/c1-16-6-5-7-20(17(16)2)25-22(28)15-26(12-13-31-3)21-14-23(29)27(24(21)30)18-8-10-19(32-4)11-9-18/h5-11,21H,12-15H2,1-4H3,(H,25,28)/t21-/m1/s1. The van der Waals surface area contributed by atoms with E-state index in [1.54, 1.807) is 43.4 Å². The fourth-order valence-electron chi connectivity index (χ4n) is 3.72. The lowest BCUT2D eigenvalue weighted by Gasteiger charge is -2.26. The summed E-state index contributed by atoms with van der Waals surface area (Å²) in [6, 6.07) is 11.7. The Bertz CT molecular complexity index is 990. The Morgan fingerprint density at radius 3 is 2.50 bits per heavy atom. The summed E-state index contributed by atoms with van der Waals surface area (Å²) < 4.78 is 10.3. The van der Waals surface area contributed by atoms with Crippen LogP contribution in [0.25, 0.3) is 0 Å². The van der Waals surface area contributed by atoms with Crippen LogP contribution in [-0.2, 0) is 19.1 Å². The minimum atomic E-state index is -0.732. The first-order valence-corrected chi connectivity index (χ1v) is 10.5. The largest absolute Gasteiger partial charge is 0.497 e. The summed E-state index contributed by atoms with van der Waals surface area (Å²) in [6.45, 7) is 4.57. The van der Waals surface area contributed by atoms with E-state index in [1.807, 2.05) is 32.0 Å². The van der Waals surface area contributed by atoms with Crippen molar-refractivity contribution in [3.63, 3.8) is 0 Å². The van der Waals surface area contributed by atoms with Gasteiger partial charge < -0.3 is 14.8 Å². The lowest BCUT2D eigenvalue weighted by atomic mass is 10.1. The molecule has 0 aliphatic carbocycles. The lowest BCUT2D eigenvalue weighted by molar-refractivity contribution is -0.124. The van der Waals surface area contributed by atoms with Gasteiger partial charge in [-0.25, -0.2) is 4.90 Å². The molecule has 1 atom stereocenters. The molecule has 8 nitrogen and oxygen atoms in total. The number of methoxy groups -OCH3 is 2. The Morgan fingerprint density at radius 2 is 1.84 bits per heavy atom. The minimum Gasteiger partial charge on any atom is -0.497 e. The number of carbonyl (C=O) groups is 3. The van der Waals surface area contributed by atoms with Crippen LogP contribution in [0.5, 0.6) is 5.75 Å². The highest BCUT2D eigenvalue weighted by molar-refractivity contribution is 6.22. The van der Waals surface area contributed by atoms with Crippen LogP contribution in [0, 0.1) is 13.8 Å². The first-order valence-electron chi connectivity index (χ1n) is 10.5. The predicted molar refractivity (Wildman–Crippen MR) is 122 cm³/mol. The highest BCUT2D eigenvalue weighted by Crippen LogP contribution is 2.27. The number of aryl methyl sites for hydroxylation is 1. The molecule has 0 unspecified atom stereocenters. The molecule has 1 N–H and O–H groups in total. The molecule has 2 aromatic rings. The van der Waals surface area contributed by atoms with Crippen molar-refractivity contribution in [2.24, 2.45) is 0 Å². The molecule has 1 heterocycles. The molecule has 1 saturated heterocycles. The first kappa shape index (κ1) is 23.4. The van der Waals surface area contributed by atoms with E-state index in [1.165, 1.54) is 4.90 Å². The lowest BCUT2D eigenvalue weighted by Crippen LogP contribution is -2.47. The van der Waals surface area contributed by atoms with Crippen LogP contribution in [-0.4, -0.2) is 62.6 Å². The third-order valence-electron chi connectivity index (χ3n) is 5.70. The zero-order valence-electron chi connectivity index (χ0n) is 18.9. The number of carbonyl (C=O) groups excluding carboxylic acids is 3. The maximum atomic E-state index is 13.2. The van der Waals surface area contributed by atoms with Crippen molar-refractivity contribution in [1.82, 2.24) is 4.90 Å². The van der Waals surface area contributed by atoms with E-state index in [0.717, 1.165) is 16.8 Å². The molecule has 3 amide bonds. The number of imide groups is 1. The van der Waals surface area contributed by atoms with Crippen molar-refractivity contribution in [1.29, 1.82) is 0 Å². The Labute approximate surface area is 188 Å². The van der Waals surface area contributed by atoms with Crippen molar-refractivity contribution >= 4 is 29.1 Å². The maximum Gasteiger partial charge on any atom is 0.251 e. The van der Waals surface area contributed by atoms with Crippen LogP contribution >= 0.6 is 0 Å². The third kappa shape index (κ3) is 5.15. The molecule has 170 valence electrons. The monoisotopic (exact) mass is 439 g/mol. The van der Waals surface area contributed by atoms with Crippen molar-refractivity contribution in [3.8, 4) is 5.75 Å². The number of hydrogen-bond acceptors (Lipinski definition) is 6. The highest BCUT2D eigenvalue weighted by atomic mass is 16.5. The Kier molecular flexibility index (Phi) is 7.61. The van der Waals surface area contributed by atoms with E-state index in [0.29, 0.717) is 24.6 Å². The van der Waals surface area contributed by atoms with E-state index >= 15 is 0 Å². The fourth-order valence-corrected chi connectivity index (χ4v) is 3.72. The second kappa shape index (κ2) is 10.4. The average molecular weight is 440 g/mol. The van der Waals surface area contributed by atoms with Crippen molar-refractivity contribution in [2.45, 2.75) is 26.3 Å². The van der Waals surface area contributed by atoms with Gasteiger partial charge in [0.15, 0.2) is 0 Å². The molecule has 3 rings (SSSR count). The van der Waals surface area contributed by atoms with Gasteiger partial charge in [-0.05, 0) is 55.3 Å². The molecule has 1 fully saturated rings. The van der Waals surface area contributed by atoms with Gasteiger partial charge in [-0.3, -0.25) is 19.3 Å². The van der Waals surface area contributed by atoms with E-state index < -0.39 is 6.04 Å². The van der Waals surface area contributed by atoms with Crippen LogP contribution < -0.4 is 15.0 Å². The molecule has 0 radical (unpaired) electrons. The van der Waals surface area contributed by atoms with Crippen molar-refractivity contribution in [2.75, 3.05) is 44.1 Å². The molecule has 0 bridgehead atoms. The summed E-state index contributed by atoms with van der Waals surface area (Å²) in [5.41, 5.74) is 3.28.